The summed E-state index contributed by atoms with van der Waals surface area (Å²) in [5.41, 5.74) is 7.98. The second-order valence-corrected chi connectivity index (χ2v) is 7.28. The second-order valence-electron chi connectivity index (χ2n) is 7.28. The molecule has 2 heterocycles. The summed E-state index contributed by atoms with van der Waals surface area (Å²) in [6.07, 6.45) is 3.21. The minimum Gasteiger partial charge on any atom is -0.378 e. The minimum absolute atomic E-state index is 0.0629. The lowest BCUT2D eigenvalue weighted by Crippen LogP contribution is -2.39. The van der Waals surface area contributed by atoms with Gasteiger partial charge < -0.3 is 20.9 Å². The van der Waals surface area contributed by atoms with Gasteiger partial charge in [0.15, 0.2) is 0 Å². The minimum atomic E-state index is -0.229. The van der Waals surface area contributed by atoms with Gasteiger partial charge >= 0.3 is 0 Å². The number of nitrogens with two attached hydrogens (primary N) is 1. The SMILES string of the molecule is CN(C)c1cccc(C(=O)NCc2cccnc2N2CCC(C(N)=O)CC2)c1. The van der Waals surface area contributed by atoms with Crippen molar-refractivity contribution in [1.82, 2.24) is 10.3 Å². The van der Waals surface area contributed by atoms with Crippen LogP contribution in [-0.4, -0.2) is 44.0 Å². The number of carbonyl (C=O) groups is 2. The number of rotatable bonds is 6. The van der Waals surface area contributed by atoms with E-state index in [0.717, 1.165) is 43.0 Å². The summed E-state index contributed by atoms with van der Waals surface area (Å²) in [6.45, 7) is 1.86. The monoisotopic (exact) mass is 381 g/mol. The zero-order valence-corrected chi connectivity index (χ0v) is 16.4. The summed E-state index contributed by atoms with van der Waals surface area (Å²) >= 11 is 0. The molecule has 1 aromatic heterocycles. The molecule has 0 atom stereocenters. The molecule has 0 radical (unpaired) electrons. The molecule has 7 heteroatoms. The molecule has 1 saturated heterocycles. The van der Waals surface area contributed by atoms with Gasteiger partial charge in [0.05, 0.1) is 0 Å². The Kier molecular flexibility index (Phi) is 6.13. The fourth-order valence-electron chi connectivity index (χ4n) is 3.43. The largest absolute Gasteiger partial charge is 0.378 e. The van der Waals surface area contributed by atoms with Crippen LogP contribution in [0.25, 0.3) is 0 Å². The Bertz CT molecular complexity index is 844. The highest BCUT2D eigenvalue weighted by atomic mass is 16.2. The molecule has 0 aliphatic carbocycles. The quantitative estimate of drug-likeness (QED) is 0.796. The summed E-state index contributed by atoms with van der Waals surface area (Å²) in [4.78, 5) is 32.6. The molecule has 0 saturated carbocycles. The molecule has 1 aliphatic heterocycles. The third kappa shape index (κ3) is 4.60. The summed E-state index contributed by atoms with van der Waals surface area (Å²) < 4.78 is 0. The number of amides is 2. The molecule has 1 aliphatic rings. The zero-order valence-electron chi connectivity index (χ0n) is 16.4. The normalized spacial score (nSPS) is 14.6. The molecule has 3 rings (SSSR count). The van der Waals surface area contributed by atoms with E-state index in [4.69, 9.17) is 5.73 Å². The molecule has 7 nitrogen and oxygen atoms in total. The van der Waals surface area contributed by atoms with Gasteiger partial charge in [-0.05, 0) is 37.1 Å². The Hall–Kier alpha value is -3.09. The van der Waals surface area contributed by atoms with E-state index < -0.39 is 0 Å². The molecule has 3 N–H and O–H groups in total. The Balaban J connectivity index is 1.66. The molecule has 1 aromatic carbocycles. The van der Waals surface area contributed by atoms with E-state index in [2.05, 4.69) is 15.2 Å². The van der Waals surface area contributed by atoms with Gasteiger partial charge in [0.25, 0.3) is 5.91 Å². The number of hydrogen-bond acceptors (Lipinski definition) is 5. The maximum absolute atomic E-state index is 12.6. The van der Waals surface area contributed by atoms with E-state index in [-0.39, 0.29) is 17.7 Å². The smallest absolute Gasteiger partial charge is 0.251 e. The zero-order chi connectivity index (χ0) is 20.1. The number of hydrogen-bond donors (Lipinski definition) is 2. The standard InChI is InChI=1S/C21H27N5O2/c1-25(2)18-7-3-5-16(13-18)21(28)24-14-17-6-4-10-23-20(17)26-11-8-15(9-12-26)19(22)27/h3-7,10,13,15H,8-9,11-12,14H2,1-2H3,(H2,22,27)(H,24,28). The van der Waals surface area contributed by atoms with Gasteiger partial charge in [0.1, 0.15) is 5.82 Å². The van der Waals surface area contributed by atoms with Crippen LogP contribution in [0.15, 0.2) is 42.6 Å². The number of carbonyl (C=O) groups excluding carboxylic acids is 2. The van der Waals surface area contributed by atoms with Crippen LogP contribution in [0.4, 0.5) is 11.5 Å². The lowest BCUT2D eigenvalue weighted by Gasteiger charge is -2.32. The van der Waals surface area contributed by atoms with Crippen molar-refractivity contribution in [3.8, 4) is 0 Å². The van der Waals surface area contributed by atoms with Gasteiger partial charge in [0, 0.05) is 62.7 Å². The predicted molar refractivity (Wildman–Crippen MR) is 110 cm³/mol. The van der Waals surface area contributed by atoms with Crippen molar-refractivity contribution in [2.75, 3.05) is 37.0 Å². The predicted octanol–water partition coefficient (Wildman–Crippen LogP) is 1.78. The number of aromatic nitrogens is 1. The molecule has 148 valence electrons. The van der Waals surface area contributed by atoms with Crippen molar-refractivity contribution < 1.29 is 9.59 Å². The number of nitrogens with one attached hydrogen (secondary N) is 1. The number of anilines is 2. The molecule has 2 amide bonds. The first-order valence-corrected chi connectivity index (χ1v) is 9.49. The Morgan fingerprint density at radius 2 is 1.96 bits per heavy atom. The summed E-state index contributed by atoms with van der Waals surface area (Å²) in [7, 11) is 3.89. The maximum atomic E-state index is 12.6. The van der Waals surface area contributed by atoms with Crippen molar-refractivity contribution in [2.24, 2.45) is 11.7 Å². The molecule has 1 fully saturated rings. The van der Waals surface area contributed by atoms with Crippen molar-refractivity contribution in [3.05, 3.63) is 53.7 Å². The van der Waals surface area contributed by atoms with Crippen LogP contribution in [0.3, 0.4) is 0 Å². The van der Waals surface area contributed by atoms with E-state index >= 15 is 0 Å². The fraction of sp³-hybridized carbons (Fsp3) is 0.381. The Morgan fingerprint density at radius 1 is 1.21 bits per heavy atom. The molecule has 0 unspecified atom stereocenters. The van der Waals surface area contributed by atoms with Gasteiger partial charge in [-0.1, -0.05) is 12.1 Å². The van der Waals surface area contributed by atoms with Crippen molar-refractivity contribution in [1.29, 1.82) is 0 Å². The number of nitrogens with zero attached hydrogens (tertiary/aromatic N) is 3. The van der Waals surface area contributed by atoms with E-state index in [1.165, 1.54) is 0 Å². The van der Waals surface area contributed by atoms with E-state index in [9.17, 15) is 9.59 Å². The summed E-state index contributed by atoms with van der Waals surface area (Å²) in [5.74, 6) is 0.443. The number of benzene rings is 1. The highest BCUT2D eigenvalue weighted by molar-refractivity contribution is 5.95. The summed E-state index contributed by atoms with van der Waals surface area (Å²) in [6, 6.07) is 11.4. The fourth-order valence-corrected chi connectivity index (χ4v) is 3.43. The van der Waals surface area contributed by atoms with Crippen molar-refractivity contribution >= 4 is 23.3 Å². The van der Waals surface area contributed by atoms with Gasteiger partial charge in [-0.25, -0.2) is 4.98 Å². The van der Waals surface area contributed by atoms with Crippen LogP contribution in [0, 0.1) is 5.92 Å². The Labute approximate surface area is 165 Å². The lowest BCUT2D eigenvalue weighted by molar-refractivity contribution is -0.122. The summed E-state index contributed by atoms with van der Waals surface area (Å²) in [5, 5.41) is 2.99. The van der Waals surface area contributed by atoms with Gasteiger partial charge in [0.2, 0.25) is 5.91 Å². The molecule has 28 heavy (non-hydrogen) atoms. The molecule has 0 bridgehead atoms. The molecule has 2 aromatic rings. The van der Waals surface area contributed by atoms with E-state index in [0.29, 0.717) is 12.1 Å². The first-order valence-electron chi connectivity index (χ1n) is 9.49. The third-order valence-corrected chi connectivity index (χ3v) is 5.13. The number of pyridine rings is 1. The van der Waals surface area contributed by atoms with Gasteiger partial charge in [-0.15, -0.1) is 0 Å². The van der Waals surface area contributed by atoms with Crippen LogP contribution < -0.4 is 20.9 Å². The highest BCUT2D eigenvalue weighted by Gasteiger charge is 2.25. The maximum Gasteiger partial charge on any atom is 0.251 e. The second kappa shape index (κ2) is 8.73. The van der Waals surface area contributed by atoms with E-state index in [1.807, 2.05) is 49.3 Å². The first kappa shape index (κ1) is 19.7. The number of primary amides is 1. The molecular weight excluding hydrogens is 354 g/mol. The van der Waals surface area contributed by atoms with E-state index in [1.54, 1.807) is 12.3 Å². The average molecular weight is 381 g/mol. The van der Waals surface area contributed by atoms with Crippen LogP contribution in [-0.2, 0) is 11.3 Å². The number of piperidine rings is 1. The van der Waals surface area contributed by atoms with Crippen molar-refractivity contribution in [3.63, 3.8) is 0 Å². The van der Waals surface area contributed by atoms with Crippen LogP contribution in [0.1, 0.15) is 28.8 Å². The van der Waals surface area contributed by atoms with Crippen LogP contribution in [0.5, 0.6) is 0 Å². The van der Waals surface area contributed by atoms with Gasteiger partial charge in [-0.2, -0.15) is 0 Å². The third-order valence-electron chi connectivity index (χ3n) is 5.13. The van der Waals surface area contributed by atoms with Gasteiger partial charge in [-0.3, -0.25) is 9.59 Å². The Morgan fingerprint density at radius 3 is 2.64 bits per heavy atom. The molecular formula is C21H27N5O2. The average Bonchev–Trinajstić information content (AvgIpc) is 2.72. The van der Waals surface area contributed by atoms with Crippen LogP contribution >= 0.6 is 0 Å². The van der Waals surface area contributed by atoms with Crippen molar-refractivity contribution in [2.45, 2.75) is 19.4 Å². The highest BCUT2D eigenvalue weighted by Crippen LogP contribution is 2.24. The molecule has 0 spiro atoms. The first-order chi connectivity index (χ1) is 13.5. The van der Waals surface area contributed by atoms with Crippen LogP contribution in [0.2, 0.25) is 0 Å². The lowest BCUT2D eigenvalue weighted by atomic mass is 9.96. The topological polar surface area (TPSA) is 91.6 Å².